The minimum atomic E-state index is 0.201. The molecule has 3 heteroatoms. The molecule has 0 fully saturated rings. The van der Waals surface area contributed by atoms with Crippen LogP contribution in [0.15, 0.2) is 53.0 Å². The lowest BCUT2D eigenvalue weighted by atomic mass is 10.0. The van der Waals surface area contributed by atoms with Gasteiger partial charge in [0.1, 0.15) is 0 Å². The van der Waals surface area contributed by atoms with Crippen molar-refractivity contribution in [3.63, 3.8) is 0 Å². The SMILES string of the molecule is CCC(NC(C)c1cccc(C#N)c1)c1ccc(Br)cc1. The summed E-state index contributed by atoms with van der Waals surface area (Å²) in [5, 5.41) is 12.6. The Balaban J connectivity index is 2.14. The predicted molar refractivity (Wildman–Crippen MR) is 89.9 cm³/mol. The Kier molecular flexibility index (Phi) is 5.55. The second-order valence-electron chi connectivity index (χ2n) is 5.14. The smallest absolute Gasteiger partial charge is 0.0991 e. The second kappa shape index (κ2) is 7.40. The standard InChI is InChI=1S/C18H19BrN2/c1-3-18(15-7-9-17(19)10-8-15)21-13(2)16-6-4-5-14(11-16)12-20/h4-11,13,18,21H,3H2,1-2H3. The zero-order chi connectivity index (χ0) is 15.2. The predicted octanol–water partition coefficient (Wildman–Crippen LogP) is 5.12. The van der Waals surface area contributed by atoms with Crippen molar-refractivity contribution in [2.45, 2.75) is 32.4 Å². The Hall–Kier alpha value is -1.63. The van der Waals surface area contributed by atoms with Gasteiger partial charge in [0, 0.05) is 16.6 Å². The highest BCUT2D eigenvalue weighted by Crippen LogP contribution is 2.24. The summed E-state index contributed by atoms with van der Waals surface area (Å²) in [5.41, 5.74) is 3.13. The van der Waals surface area contributed by atoms with Crippen LogP contribution in [0.25, 0.3) is 0 Å². The molecule has 2 rings (SSSR count). The van der Waals surface area contributed by atoms with Crippen molar-refractivity contribution in [2.75, 3.05) is 0 Å². The van der Waals surface area contributed by atoms with E-state index in [1.807, 2.05) is 18.2 Å². The fraction of sp³-hybridized carbons (Fsp3) is 0.278. The van der Waals surface area contributed by atoms with Gasteiger partial charge in [-0.15, -0.1) is 0 Å². The number of hydrogen-bond acceptors (Lipinski definition) is 2. The monoisotopic (exact) mass is 342 g/mol. The van der Waals surface area contributed by atoms with E-state index in [1.165, 1.54) is 5.56 Å². The van der Waals surface area contributed by atoms with E-state index in [0.717, 1.165) is 16.5 Å². The fourth-order valence-electron chi connectivity index (χ4n) is 2.42. The van der Waals surface area contributed by atoms with Gasteiger partial charge >= 0.3 is 0 Å². The van der Waals surface area contributed by atoms with Crippen molar-refractivity contribution >= 4 is 15.9 Å². The third-order valence-electron chi connectivity index (χ3n) is 3.65. The van der Waals surface area contributed by atoms with Crippen LogP contribution in [0.1, 0.15) is 49.0 Å². The minimum absolute atomic E-state index is 0.201. The van der Waals surface area contributed by atoms with Crippen LogP contribution in [0, 0.1) is 11.3 Å². The minimum Gasteiger partial charge on any atom is -0.303 e. The van der Waals surface area contributed by atoms with E-state index in [0.29, 0.717) is 11.6 Å². The quantitative estimate of drug-likeness (QED) is 0.818. The summed E-state index contributed by atoms with van der Waals surface area (Å²) < 4.78 is 1.09. The molecule has 2 aromatic carbocycles. The second-order valence-corrected chi connectivity index (χ2v) is 6.05. The molecule has 0 amide bonds. The van der Waals surface area contributed by atoms with Crippen LogP contribution in [0.5, 0.6) is 0 Å². The molecular weight excluding hydrogens is 324 g/mol. The van der Waals surface area contributed by atoms with Crippen LogP contribution in [0.3, 0.4) is 0 Å². The van der Waals surface area contributed by atoms with Crippen molar-refractivity contribution in [3.8, 4) is 6.07 Å². The summed E-state index contributed by atoms with van der Waals surface area (Å²) in [7, 11) is 0. The molecular formula is C18H19BrN2. The Bertz CT molecular complexity index is 628. The number of hydrogen-bond donors (Lipinski definition) is 1. The summed E-state index contributed by atoms with van der Waals surface area (Å²) >= 11 is 3.47. The van der Waals surface area contributed by atoms with Crippen LogP contribution in [0.2, 0.25) is 0 Å². The molecule has 0 radical (unpaired) electrons. The summed E-state index contributed by atoms with van der Waals surface area (Å²) in [5.74, 6) is 0. The van der Waals surface area contributed by atoms with E-state index in [9.17, 15) is 0 Å². The van der Waals surface area contributed by atoms with Crippen LogP contribution in [-0.4, -0.2) is 0 Å². The van der Waals surface area contributed by atoms with Gasteiger partial charge in [-0.25, -0.2) is 0 Å². The Morgan fingerprint density at radius 1 is 1.14 bits per heavy atom. The van der Waals surface area contributed by atoms with Crippen molar-refractivity contribution in [2.24, 2.45) is 0 Å². The van der Waals surface area contributed by atoms with Crippen LogP contribution in [-0.2, 0) is 0 Å². The van der Waals surface area contributed by atoms with E-state index in [-0.39, 0.29) is 6.04 Å². The third kappa shape index (κ3) is 4.17. The molecule has 2 unspecified atom stereocenters. The van der Waals surface area contributed by atoms with Crippen LogP contribution < -0.4 is 5.32 Å². The molecule has 0 aliphatic heterocycles. The number of nitrogens with one attached hydrogen (secondary N) is 1. The van der Waals surface area contributed by atoms with E-state index < -0.39 is 0 Å². The Morgan fingerprint density at radius 3 is 2.48 bits per heavy atom. The summed E-state index contributed by atoms with van der Waals surface area (Å²) in [6.07, 6.45) is 1.02. The summed E-state index contributed by atoms with van der Waals surface area (Å²) in [6.45, 7) is 4.32. The lowest BCUT2D eigenvalue weighted by Gasteiger charge is -2.23. The zero-order valence-electron chi connectivity index (χ0n) is 12.3. The van der Waals surface area contributed by atoms with Gasteiger partial charge < -0.3 is 5.32 Å². The maximum Gasteiger partial charge on any atom is 0.0991 e. The van der Waals surface area contributed by atoms with E-state index in [1.54, 1.807) is 0 Å². The molecule has 2 nitrogen and oxygen atoms in total. The van der Waals surface area contributed by atoms with Crippen molar-refractivity contribution in [1.29, 1.82) is 5.26 Å². The number of halogens is 1. The maximum absolute atomic E-state index is 9.00. The van der Waals surface area contributed by atoms with E-state index >= 15 is 0 Å². The highest BCUT2D eigenvalue weighted by atomic mass is 79.9. The van der Waals surface area contributed by atoms with Gasteiger partial charge in [0.05, 0.1) is 11.6 Å². The highest BCUT2D eigenvalue weighted by molar-refractivity contribution is 9.10. The lowest BCUT2D eigenvalue weighted by Crippen LogP contribution is -2.24. The molecule has 0 aromatic heterocycles. The molecule has 0 bridgehead atoms. The van der Waals surface area contributed by atoms with Crippen molar-refractivity contribution in [1.82, 2.24) is 5.32 Å². The van der Waals surface area contributed by atoms with Gasteiger partial charge in [-0.2, -0.15) is 5.26 Å². The zero-order valence-corrected chi connectivity index (χ0v) is 13.9. The van der Waals surface area contributed by atoms with Gasteiger partial charge in [-0.1, -0.05) is 47.1 Å². The Labute approximate surface area is 134 Å². The molecule has 0 saturated heterocycles. The van der Waals surface area contributed by atoms with Gasteiger partial charge in [0.2, 0.25) is 0 Å². The first kappa shape index (κ1) is 15.8. The molecule has 0 heterocycles. The summed E-state index contributed by atoms with van der Waals surface area (Å²) in [6, 6.07) is 18.9. The van der Waals surface area contributed by atoms with Gasteiger partial charge in [0.25, 0.3) is 0 Å². The molecule has 0 aliphatic carbocycles. The first-order valence-corrected chi connectivity index (χ1v) is 7.95. The Morgan fingerprint density at radius 2 is 1.86 bits per heavy atom. The van der Waals surface area contributed by atoms with Gasteiger partial charge in [-0.3, -0.25) is 0 Å². The topological polar surface area (TPSA) is 35.8 Å². The molecule has 0 aliphatic rings. The number of benzene rings is 2. The first-order valence-electron chi connectivity index (χ1n) is 7.15. The number of nitrogens with zero attached hydrogens (tertiary/aromatic N) is 1. The summed E-state index contributed by atoms with van der Waals surface area (Å²) in [4.78, 5) is 0. The van der Waals surface area contributed by atoms with Crippen LogP contribution in [0.4, 0.5) is 0 Å². The molecule has 2 aromatic rings. The van der Waals surface area contributed by atoms with Crippen LogP contribution >= 0.6 is 15.9 Å². The molecule has 0 spiro atoms. The van der Waals surface area contributed by atoms with E-state index in [4.69, 9.17) is 5.26 Å². The first-order chi connectivity index (χ1) is 10.1. The lowest BCUT2D eigenvalue weighted by molar-refractivity contribution is 0.456. The van der Waals surface area contributed by atoms with Gasteiger partial charge in [0.15, 0.2) is 0 Å². The molecule has 21 heavy (non-hydrogen) atoms. The highest BCUT2D eigenvalue weighted by Gasteiger charge is 2.14. The largest absolute Gasteiger partial charge is 0.303 e. The normalized spacial score (nSPS) is 13.4. The maximum atomic E-state index is 9.00. The molecule has 108 valence electrons. The third-order valence-corrected chi connectivity index (χ3v) is 4.18. The average molecular weight is 343 g/mol. The molecule has 2 atom stereocenters. The number of nitriles is 1. The molecule has 0 saturated carbocycles. The number of rotatable bonds is 5. The van der Waals surface area contributed by atoms with Gasteiger partial charge in [-0.05, 0) is 48.7 Å². The van der Waals surface area contributed by atoms with E-state index in [2.05, 4.69) is 71.5 Å². The van der Waals surface area contributed by atoms with Crippen molar-refractivity contribution < 1.29 is 0 Å². The van der Waals surface area contributed by atoms with Crippen molar-refractivity contribution in [3.05, 3.63) is 69.7 Å². The average Bonchev–Trinajstić information content (AvgIpc) is 2.53. The fourth-order valence-corrected chi connectivity index (χ4v) is 2.68. The molecule has 1 N–H and O–H groups in total.